The zero-order chi connectivity index (χ0) is 9.84. The van der Waals surface area contributed by atoms with Gasteiger partial charge in [0.2, 0.25) is 11.8 Å². The van der Waals surface area contributed by atoms with Gasteiger partial charge >= 0.3 is 0 Å². The van der Waals surface area contributed by atoms with Gasteiger partial charge in [-0.15, -0.1) is 0 Å². The number of carbonyl (C=O) groups is 2. The summed E-state index contributed by atoms with van der Waals surface area (Å²) in [6.07, 6.45) is 0.902. The predicted octanol–water partition coefficient (Wildman–Crippen LogP) is -1.32. The fourth-order valence-corrected chi connectivity index (χ4v) is 1.16. The summed E-state index contributed by atoms with van der Waals surface area (Å²) in [6.45, 7) is 3.28. The first-order valence-electron chi connectivity index (χ1n) is 4.46. The molecule has 1 saturated heterocycles. The van der Waals surface area contributed by atoms with Crippen molar-refractivity contribution in [2.75, 3.05) is 19.6 Å². The highest BCUT2D eigenvalue weighted by atomic mass is 16.2. The fourth-order valence-electron chi connectivity index (χ4n) is 1.16. The average Bonchev–Trinajstić information content (AvgIpc) is 2.13. The molecule has 5 nitrogen and oxygen atoms in total. The Morgan fingerprint density at radius 3 is 2.92 bits per heavy atom. The summed E-state index contributed by atoms with van der Waals surface area (Å²) in [6, 6.07) is -0.390. The van der Waals surface area contributed by atoms with Crippen LogP contribution in [0.1, 0.15) is 13.3 Å². The molecule has 1 aliphatic heterocycles. The Labute approximate surface area is 77.3 Å². The molecule has 1 unspecified atom stereocenters. The first-order chi connectivity index (χ1) is 6.15. The number of likely N-dealkylation sites (tertiary alicyclic amines) is 1. The second-order valence-corrected chi connectivity index (χ2v) is 3.18. The van der Waals surface area contributed by atoms with Gasteiger partial charge in [0.1, 0.15) is 6.04 Å². The van der Waals surface area contributed by atoms with Crippen molar-refractivity contribution in [2.24, 2.45) is 5.73 Å². The van der Waals surface area contributed by atoms with Gasteiger partial charge in [0.05, 0.1) is 6.54 Å². The van der Waals surface area contributed by atoms with Crippen LogP contribution in [0.5, 0.6) is 0 Å². The molecule has 2 amide bonds. The van der Waals surface area contributed by atoms with E-state index in [0.29, 0.717) is 13.1 Å². The minimum atomic E-state index is -0.390. The number of nitrogens with one attached hydrogen (secondary N) is 1. The zero-order valence-electron chi connectivity index (χ0n) is 7.75. The lowest BCUT2D eigenvalue weighted by molar-refractivity contribution is -0.145. The third-order valence-electron chi connectivity index (χ3n) is 1.95. The molecule has 5 heteroatoms. The van der Waals surface area contributed by atoms with Crippen molar-refractivity contribution < 1.29 is 9.59 Å². The number of amides is 2. The largest absolute Gasteiger partial charge is 0.355 e. The van der Waals surface area contributed by atoms with Crippen molar-refractivity contribution in [1.82, 2.24) is 10.2 Å². The molecule has 0 aliphatic carbocycles. The molecule has 0 aromatic heterocycles. The van der Waals surface area contributed by atoms with Gasteiger partial charge in [-0.05, 0) is 6.42 Å². The lowest BCUT2D eigenvalue weighted by Crippen LogP contribution is -2.62. The van der Waals surface area contributed by atoms with E-state index in [1.807, 2.05) is 6.92 Å². The predicted molar refractivity (Wildman–Crippen MR) is 47.9 cm³/mol. The van der Waals surface area contributed by atoms with Crippen LogP contribution in [0.4, 0.5) is 0 Å². The highest BCUT2D eigenvalue weighted by molar-refractivity contribution is 5.91. The molecule has 0 radical (unpaired) electrons. The highest BCUT2D eigenvalue weighted by Gasteiger charge is 2.34. The molecule has 74 valence electrons. The number of nitrogens with two attached hydrogens (primary N) is 1. The smallest absolute Gasteiger partial charge is 0.241 e. The van der Waals surface area contributed by atoms with Gasteiger partial charge in [-0.3, -0.25) is 9.59 Å². The van der Waals surface area contributed by atoms with E-state index in [-0.39, 0.29) is 24.4 Å². The van der Waals surface area contributed by atoms with Crippen LogP contribution in [0.25, 0.3) is 0 Å². The van der Waals surface area contributed by atoms with Crippen LogP contribution in [0, 0.1) is 0 Å². The molecule has 0 bridgehead atoms. The van der Waals surface area contributed by atoms with Crippen LogP contribution >= 0.6 is 0 Å². The lowest BCUT2D eigenvalue weighted by Gasteiger charge is -2.35. The second-order valence-electron chi connectivity index (χ2n) is 3.18. The third kappa shape index (κ3) is 2.42. The summed E-state index contributed by atoms with van der Waals surface area (Å²) in [5, 5.41) is 2.69. The van der Waals surface area contributed by atoms with E-state index in [2.05, 4.69) is 5.32 Å². The Kier molecular flexibility index (Phi) is 3.25. The summed E-state index contributed by atoms with van der Waals surface area (Å²) in [4.78, 5) is 23.6. The SMILES string of the molecule is CCCNC(=O)CN1CC(N)C1=O. The molecular formula is C8H15N3O2. The van der Waals surface area contributed by atoms with E-state index in [4.69, 9.17) is 5.73 Å². The molecule has 1 atom stereocenters. The van der Waals surface area contributed by atoms with E-state index in [0.717, 1.165) is 6.42 Å². The van der Waals surface area contributed by atoms with Crippen LogP contribution < -0.4 is 11.1 Å². The molecule has 13 heavy (non-hydrogen) atoms. The third-order valence-corrected chi connectivity index (χ3v) is 1.95. The molecule has 0 aromatic carbocycles. The minimum Gasteiger partial charge on any atom is -0.355 e. The van der Waals surface area contributed by atoms with Gasteiger partial charge in [0.25, 0.3) is 0 Å². The van der Waals surface area contributed by atoms with E-state index in [1.54, 1.807) is 0 Å². The van der Waals surface area contributed by atoms with Crippen LogP contribution in [-0.2, 0) is 9.59 Å². The van der Waals surface area contributed by atoms with Gasteiger partial charge in [0.15, 0.2) is 0 Å². The van der Waals surface area contributed by atoms with Crippen molar-refractivity contribution in [3.63, 3.8) is 0 Å². The Bertz CT molecular complexity index is 217. The Balaban J connectivity index is 2.18. The van der Waals surface area contributed by atoms with E-state index in [1.165, 1.54) is 4.90 Å². The van der Waals surface area contributed by atoms with Crippen molar-refractivity contribution >= 4 is 11.8 Å². The standard InChI is InChI=1S/C8H15N3O2/c1-2-3-10-7(12)5-11-4-6(9)8(11)13/h6H,2-5,9H2,1H3,(H,10,12). The first kappa shape index (κ1) is 9.98. The Morgan fingerprint density at radius 2 is 2.46 bits per heavy atom. The number of β-lactam (4-membered cyclic amide) rings is 1. The normalized spacial score (nSPS) is 21.2. The Morgan fingerprint density at radius 1 is 1.77 bits per heavy atom. The monoisotopic (exact) mass is 185 g/mol. The molecule has 1 rings (SSSR count). The fraction of sp³-hybridized carbons (Fsp3) is 0.750. The molecule has 0 aromatic rings. The number of nitrogens with zero attached hydrogens (tertiary/aromatic N) is 1. The van der Waals surface area contributed by atoms with Crippen LogP contribution in [0.2, 0.25) is 0 Å². The molecule has 1 heterocycles. The number of rotatable bonds is 4. The van der Waals surface area contributed by atoms with Gasteiger partial charge in [-0.1, -0.05) is 6.92 Å². The van der Waals surface area contributed by atoms with Gasteiger partial charge < -0.3 is 16.0 Å². The van der Waals surface area contributed by atoms with Crippen molar-refractivity contribution in [1.29, 1.82) is 0 Å². The van der Waals surface area contributed by atoms with Crippen LogP contribution in [-0.4, -0.2) is 42.4 Å². The number of carbonyl (C=O) groups excluding carboxylic acids is 2. The quantitative estimate of drug-likeness (QED) is 0.533. The molecule has 0 spiro atoms. The zero-order valence-corrected chi connectivity index (χ0v) is 7.75. The maximum absolute atomic E-state index is 11.1. The summed E-state index contributed by atoms with van der Waals surface area (Å²) < 4.78 is 0. The second kappa shape index (κ2) is 4.23. The van der Waals surface area contributed by atoms with Gasteiger partial charge in [-0.2, -0.15) is 0 Å². The topological polar surface area (TPSA) is 75.4 Å². The molecule has 1 aliphatic rings. The lowest BCUT2D eigenvalue weighted by atomic mass is 10.1. The van der Waals surface area contributed by atoms with E-state index < -0.39 is 0 Å². The maximum Gasteiger partial charge on any atom is 0.241 e. The Hall–Kier alpha value is -1.10. The van der Waals surface area contributed by atoms with Gasteiger partial charge in [-0.25, -0.2) is 0 Å². The minimum absolute atomic E-state index is 0.109. The van der Waals surface area contributed by atoms with E-state index >= 15 is 0 Å². The van der Waals surface area contributed by atoms with Crippen molar-refractivity contribution in [2.45, 2.75) is 19.4 Å². The average molecular weight is 185 g/mol. The van der Waals surface area contributed by atoms with Crippen molar-refractivity contribution in [3.8, 4) is 0 Å². The molecular weight excluding hydrogens is 170 g/mol. The summed E-state index contributed by atoms with van der Waals surface area (Å²) >= 11 is 0. The van der Waals surface area contributed by atoms with Crippen molar-refractivity contribution in [3.05, 3.63) is 0 Å². The van der Waals surface area contributed by atoms with Crippen LogP contribution in [0.3, 0.4) is 0 Å². The highest BCUT2D eigenvalue weighted by Crippen LogP contribution is 2.05. The maximum atomic E-state index is 11.1. The molecule has 0 saturated carbocycles. The summed E-state index contributed by atoms with van der Waals surface area (Å²) in [5.41, 5.74) is 5.37. The molecule has 3 N–H and O–H groups in total. The van der Waals surface area contributed by atoms with E-state index in [9.17, 15) is 9.59 Å². The number of hydrogen-bond acceptors (Lipinski definition) is 3. The first-order valence-corrected chi connectivity index (χ1v) is 4.46. The van der Waals surface area contributed by atoms with Crippen LogP contribution in [0.15, 0.2) is 0 Å². The summed E-state index contributed by atoms with van der Waals surface area (Å²) in [5.74, 6) is -0.242. The van der Waals surface area contributed by atoms with Gasteiger partial charge in [0, 0.05) is 13.1 Å². The number of hydrogen-bond donors (Lipinski definition) is 2. The molecule has 1 fully saturated rings. The summed E-state index contributed by atoms with van der Waals surface area (Å²) in [7, 11) is 0.